The number of allylic oxidation sites excluding steroid dienone is 4. The van der Waals surface area contributed by atoms with E-state index in [0.717, 1.165) is 0 Å². The van der Waals surface area contributed by atoms with Crippen molar-refractivity contribution in [2.24, 2.45) is 4.99 Å². The molecule has 0 spiro atoms. The Morgan fingerprint density at radius 1 is 0.903 bits per heavy atom. The second kappa shape index (κ2) is 10.7. The number of unbranched alkanes of at least 4 members (excludes halogenated alkanes) is 3. The zero-order valence-corrected chi connectivity index (χ0v) is 23.2. The van der Waals surface area contributed by atoms with Gasteiger partial charge in [-0.25, -0.2) is 0 Å². The van der Waals surface area contributed by atoms with E-state index in [1.165, 1.54) is 78.6 Å². The zero-order valence-electron chi connectivity index (χ0n) is 19.5. The van der Waals surface area contributed by atoms with Crippen molar-refractivity contribution in [3.05, 3.63) is 75.8 Å². The fourth-order valence-corrected chi connectivity index (χ4v) is 25.4. The summed E-state index contributed by atoms with van der Waals surface area (Å²) in [5.41, 5.74) is 4.03. The minimum absolute atomic E-state index is 0.333. The summed E-state index contributed by atoms with van der Waals surface area (Å²) in [6.45, 7) is 7.10. The van der Waals surface area contributed by atoms with E-state index in [1.807, 2.05) is 2.89 Å². The van der Waals surface area contributed by atoms with Crippen molar-refractivity contribution in [1.82, 2.24) is 0 Å². The van der Waals surface area contributed by atoms with Gasteiger partial charge in [0.05, 0.1) is 0 Å². The number of hydrogen-bond donors (Lipinski definition) is 0. The minimum atomic E-state index is -2.41. The molecule has 2 aromatic rings. The van der Waals surface area contributed by atoms with Crippen LogP contribution in [0.15, 0.2) is 65.3 Å². The van der Waals surface area contributed by atoms with Gasteiger partial charge in [0.1, 0.15) is 0 Å². The summed E-state index contributed by atoms with van der Waals surface area (Å²) >= 11 is -0.326. The molecule has 1 aliphatic carbocycles. The van der Waals surface area contributed by atoms with Gasteiger partial charge in [-0.15, -0.1) is 0 Å². The van der Waals surface area contributed by atoms with Gasteiger partial charge in [-0.1, -0.05) is 0 Å². The molecule has 2 heterocycles. The third-order valence-corrected chi connectivity index (χ3v) is 26.3. The average molecular weight is 538 g/mol. The number of benzene rings is 1. The first kappa shape index (κ1) is 23.0. The fourth-order valence-electron chi connectivity index (χ4n) is 5.26. The van der Waals surface area contributed by atoms with E-state index >= 15 is 0 Å². The van der Waals surface area contributed by atoms with Crippen molar-refractivity contribution in [1.29, 1.82) is 0 Å². The molecule has 1 aromatic heterocycles. The number of rotatable bonds is 11. The van der Waals surface area contributed by atoms with Gasteiger partial charge in [-0.3, -0.25) is 0 Å². The van der Waals surface area contributed by atoms with Crippen LogP contribution >= 0.6 is 11.3 Å². The first-order chi connectivity index (χ1) is 15.2. The van der Waals surface area contributed by atoms with Crippen molar-refractivity contribution >= 4 is 38.2 Å². The van der Waals surface area contributed by atoms with Gasteiger partial charge in [0.15, 0.2) is 0 Å². The van der Waals surface area contributed by atoms with E-state index in [1.54, 1.807) is 0 Å². The average Bonchev–Trinajstić information content (AvgIpc) is 3.38. The molecule has 1 unspecified atom stereocenters. The van der Waals surface area contributed by atoms with Crippen LogP contribution < -0.4 is 12.8 Å². The zero-order chi connectivity index (χ0) is 21.7. The second-order valence-electron chi connectivity index (χ2n) is 9.27. The molecule has 0 amide bonds. The molecule has 0 saturated heterocycles. The Hall–Kier alpha value is -1.13. The Morgan fingerprint density at radius 2 is 1.55 bits per heavy atom. The van der Waals surface area contributed by atoms with Crippen LogP contribution in [0.1, 0.15) is 70.8 Å². The summed E-state index contributed by atoms with van der Waals surface area (Å²) < 4.78 is 7.71. The summed E-state index contributed by atoms with van der Waals surface area (Å²) in [7, 11) is 0. The first-order valence-electron chi connectivity index (χ1n) is 12.4. The van der Waals surface area contributed by atoms with E-state index in [-0.39, 0.29) is 0 Å². The fraction of sp³-hybridized carbons (Fsp3) is 0.464. The third-order valence-electron chi connectivity index (χ3n) is 7.08. The molecule has 0 bridgehead atoms. The van der Waals surface area contributed by atoms with Crippen molar-refractivity contribution < 1.29 is 0 Å². The van der Waals surface area contributed by atoms with Gasteiger partial charge >= 0.3 is 197 Å². The number of thiophene rings is 1. The molecular weight excluding hydrogens is 501 g/mol. The van der Waals surface area contributed by atoms with E-state index in [4.69, 9.17) is 4.99 Å². The van der Waals surface area contributed by atoms with Gasteiger partial charge in [-0.2, -0.15) is 0 Å². The molecular formula is C28H37NSSn. The normalized spacial score (nSPS) is 17.3. The van der Waals surface area contributed by atoms with E-state index in [9.17, 15) is 0 Å². The Labute approximate surface area is 196 Å². The molecule has 3 heteroatoms. The van der Waals surface area contributed by atoms with Crippen LogP contribution in [0.3, 0.4) is 0 Å². The summed E-state index contributed by atoms with van der Waals surface area (Å²) in [4.78, 5) is 5.15. The van der Waals surface area contributed by atoms with Gasteiger partial charge in [0, 0.05) is 0 Å². The van der Waals surface area contributed by atoms with Crippen molar-refractivity contribution in [2.75, 3.05) is 0 Å². The standard InChI is InChI=1S/C16H10NS.3C4H9.Sn/c1-2-5-11(6-3-1)12-7-4-8-14-15(12)13-9-10-18-16(13)17-14;3*1-3-4-2;/h1-9,12H;3*1,3-4H2,2H3;. The van der Waals surface area contributed by atoms with Crippen LogP contribution in [0.4, 0.5) is 0 Å². The molecule has 0 fully saturated rings. The first-order valence-corrected chi connectivity index (χ1v) is 20.7. The van der Waals surface area contributed by atoms with Gasteiger partial charge in [0.2, 0.25) is 0 Å². The van der Waals surface area contributed by atoms with Crippen LogP contribution in [-0.4, -0.2) is 18.4 Å². The molecule has 164 valence electrons. The molecule has 1 atom stereocenters. The summed E-state index contributed by atoms with van der Waals surface area (Å²) in [6.07, 6.45) is 15.0. The van der Waals surface area contributed by atoms with Gasteiger partial charge < -0.3 is 0 Å². The van der Waals surface area contributed by atoms with Crippen LogP contribution in [0, 0.1) is 0 Å². The number of nitrogens with zero attached hydrogens (tertiary/aromatic N) is 1. The molecule has 1 nitrogen and oxygen atoms in total. The molecule has 1 aromatic carbocycles. The third kappa shape index (κ3) is 4.80. The summed E-state index contributed by atoms with van der Waals surface area (Å²) in [5, 5.41) is 1.45. The number of hydrogen-bond acceptors (Lipinski definition) is 2. The summed E-state index contributed by atoms with van der Waals surface area (Å²) in [5.74, 6) is 0.333. The van der Waals surface area contributed by atoms with E-state index in [2.05, 4.69) is 86.7 Å². The molecule has 0 N–H and O–H groups in total. The Morgan fingerprint density at radius 3 is 2.16 bits per heavy atom. The molecule has 31 heavy (non-hydrogen) atoms. The van der Waals surface area contributed by atoms with Gasteiger partial charge in [-0.05, 0) is 0 Å². The van der Waals surface area contributed by atoms with Gasteiger partial charge in [0.25, 0.3) is 0 Å². The van der Waals surface area contributed by atoms with Crippen molar-refractivity contribution in [2.45, 2.75) is 78.5 Å². The molecule has 0 saturated carbocycles. The topological polar surface area (TPSA) is 12.4 Å². The van der Waals surface area contributed by atoms with Crippen LogP contribution in [-0.2, 0) is 0 Å². The summed E-state index contributed by atoms with van der Waals surface area (Å²) in [6, 6.07) is 13.6. The van der Waals surface area contributed by atoms with Crippen LogP contribution in [0.25, 0.3) is 5.57 Å². The molecule has 0 radical (unpaired) electrons. The Balaban J connectivity index is 1.81. The van der Waals surface area contributed by atoms with Crippen molar-refractivity contribution in [3.8, 4) is 0 Å². The monoisotopic (exact) mass is 539 g/mol. The number of fused-ring (bicyclic) bond motifs is 2. The Bertz CT molecular complexity index is 1040. The van der Waals surface area contributed by atoms with Crippen LogP contribution in [0.2, 0.25) is 13.3 Å². The molecule has 2 aliphatic rings. The quantitative estimate of drug-likeness (QED) is 0.279. The van der Waals surface area contributed by atoms with E-state index in [0.29, 0.717) is 5.92 Å². The van der Waals surface area contributed by atoms with E-state index < -0.39 is 18.4 Å². The van der Waals surface area contributed by atoms with Crippen molar-refractivity contribution in [3.63, 3.8) is 0 Å². The Kier molecular flexibility index (Phi) is 7.92. The predicted octanol–water partition coefficient (Wildman–Crippen LogP) is 6.83. The van der Waals surface area contributed by atoms with Crippen LogP contribution in [0.5, 0.6) is 0 Å². The molecule has 4 rings (SSSR count). The second-order valence-corrected chi connectivity index (χ2v) is 24.5. The molecule has 1 aliphatic heterocycles. The predicted molar refractivity (Wildman–Crippen MR) is 139 cm³/mol. The SMILES string of the molecule is CCC[CH2][Sn]([CH2]CCC)([CH2]CCC)[c]1cc2c(s1)=NC1=CC=CC(c3ccccc3)C=21. The maximum absolute atomic E-state index is 5.15. The maximum atomic E-state index is 5.15.